The second-order valence-electron chi connectivity index (χ2n) is 16.1. The summed E-state index contributed by atoms with van der Waals surface area (Å²) in [4.78, 5) is 52.9. The van der Waals surface area contributed by atoms with Crippen molar-refractivity contribution < 1.29 is 38.1 Å². The third-order valence-corrected chi connectivity index (χ3v) is 13.5. The first-order valence-corrected chi connectivity index (χ1v) is 16.6. The molecule has 8 aliphatic rings. The molecule has 8 nitrogen and oxygen atoms in total. The van der Waals surface area contributed by atoms with Crippen molar-refractivity contribution in [3.8, 4) is 0 Å². The number of aliphatic hydroxyl groups is 1. The predicted molar refractivity (Wildman–Crippen MR) is 158 cm³/mol. The summed E-state index contributed by atoms with van der Waals surface area (Å²) in [5.74, 6) is -1.07. The van der Waals surface area contributed by atoms with Gasteiger partial charge in [-0.1, -0.05) is 25.5 Å². The molecule has 1 amide bonds. The van der Waals surface area contributed by atoms with Crippen LogP contribution in [-0.4, -0.2) is 58.3 Å². The van der Waals surface area contributed by atoms with Crippen LogP contribution in [0.4, 0.5) is 9.18 Å². The van der Waals surface area contributed by atoms with Crippen molar-refractivity contribution in [1.29, 1.82) is 0 Å². The molecule has 7 fully saturated rings. The molecule has 0 aromatic carbocycles. The monoisotopic (exact) mass is 611 g/mol. The zero-order valence-electron chi connectivity index (χ0n) is 26.3. The lowest BCUT2D eigenvalue weighted by Crippen LogP contribution is -2.73. The predicted octanol–water partition coefficient (Wildman–Crippen LogP) is 5.17. The van der Waals surface area contributed by atoms with Gasteiger partial charge >= 0.3 is 12.1 Å². The Balaban J connectivity index is 1.20. The highest BCUT2D eigenvalue weighted by atomic mass is 19.1. The number of hydrogen-bond donors (Lipinski definition) is 2. The quantitative estimate of drug-likeness (QED) is 0.421. The number of nitrogens with one attached hydrogen (secondary N) is 1. The number of fused-ring (bicyclic) bond motifs is 5. The van der Waals surface area contributed by atoms with Gasteiger partial charge in [0.1, 0.15) is 6.61 Å². The highest BCUT2D eigenvalue weighted by molar-refractivity contribution is 6.01. The number of Topliss-reactive ketones (excluding diaryl/α,β-unsaturated/α-hetero) is 1. The third-order valence-electron chi connectivity index (χ3n) is 13.5. The second kappa shape index (κ2) is 9.73. The molecular formula is C35H46FNO7. The molecule has 8 atom stereocenters. The van der Waals surface area contributed by atoms with Crippen molar-refractivity contribution in [2.45, 2.75) is 115 Å². The number of amides is 1. The Labute approximate surface area is 258 Å². The average Bonchev–Trinajstić information content (AvgIpc) is 2.92. The van der Waals surface area contributed by atoms with Crippen molar-refractivity contribution >= 4 is 23.6 Å². The molecule has 2 N–H and O–H groups in total. The number of alkyl carbamates (subject to hydrolysis) is 1. The van der Waals surface area contributed by atoms with Crippen LogP contribution in [-0.2, 0) is 23.9 Å². The minimum absolute atomic E-state index is 0.164. The highest BCUT2D eigenvalue weighted by Crippen LogP contribution is 2.67. The summed E-state index contributed by atoms with van der Waals surface area (Å²) in [7, 11) is 0. The fourth-order valence-electron chi connectivity index (χ4n) is 11.8. The summed E-state index contributed by atoms with van der Waals surface area (Å²) in [5.41, 5.74) is -5.90. The average molecular weight is 612 g/mol. The fraction of sp³-hybridized carbons (Fsp3) is 0.771. The number of carbonyl (C=O) groups is 4. The van der Waals surface area contributed by atoms with Gasteiger partial charge in [-0.3, -0.25) is 14.4 Å². The van der Waals surface area contributed by atoms with Gasteiger partial charge in [-0.05, 0) is 107 Å². The Morgan fingerprint density at radius 1 is 1.02 bits per heavy atom. The molecule has 0 aliphatic heterocycles. The number of carbonyl (C=O) groups excluding carboxylic acids is 4. The van der Waals surface area contributed by atoms with Crippen LogP contribution in [0.1, 0.15) is 91.9 Å². The molecule has 0 heterocycles. The summed E-state index contributed by atoms with van der Waals surface area (Å²) < 4.78 is 29.3. The Morgan fingerprint density at radius 3 is 2.27 bits per heavy atom. The second-order valence-corrected chi connectivity index (χ2v) is 16.1. The van der Waals surface area contributed by atoms with Crippen molar-refractivity contribution in [1.82, 2.24) is 5.32 Å². The van der Waals surface area contributed by atoms with E-state index < -0.39 is 70.4 Å². The SMILES string of the molecule is CC(=O)OC[C@]1(OC(=O)NC23CC4CC(CC(C4)C2)C3)C(=O)[C@@]2(C)C[C@H](O)[C@@]3(F)C(CCC4=CC(=O)C=C[C@@]43C)C2C[C@@H]1C. The Bertz CT molecular complexity index is 1340. The Kier molecular flexibility index (Phi) is 6.66. The lowest BCUT2D eigenvalue weighted by molar-refractivity contribution is -0.227. The molecule has 0 radical (unpaired) electrons. The van der Waals surface area contributed by atoms with E-state index in [0.29, 0.717) is 42.6 Å². The maximum absolute atomic E-state index is 17.6. The first-order chi connectivity index (χ1) is 20.6. The lowest BCUT2D eigenvalue weighted by atomic mass is 9.41. The molecule has 9 heteroatoms. The molecule has 0 aromatic heterocycles. The van der Waals surface area contributed by atoms with Crippen LogP contribution < -0.4 is 5.32 Å². The maximum atomic E-state index is 17.6. The van der Waals surface area contributed by atoms with Crippen LogP contribution in [0, 0.1) is 46.3 Å². The molecule has 2 unspecified atom stereocenters. The van der Waals surface area contributed by atoms with E-state index in [1.807, 2.05) is 6.92 Å². The molecule has 4 bridgehead atoms. The minimum atomic E-state index is -2.08. The molecule has 240 valence electrons. The van der Waals surface area contributed by atoms with E-state index in [2.05, 4.69) is 5.32 Å². The summed E-state index contributed by atoms with van der Waals surface area (Å²) in [6, 6.07) is 0. The number of rotatable bonds is 4. The molecular weight excluding hydrogens is 565 g/mol. The zero-order chi connectivity index (χ0) is 31.4. The summed E-state index contributed by atoms with van der Waals surface area (Å²) in [5, 5.41) is 14.9. The van der Waals surface area contributed by atoms with Crippen molar-refractivity contribution in [2.24, 2.45) is 46.3 Å². The molecule has 0 saturated heterocycles. The van der Waals surface area contributed by atoms with Crippen molar-refractivity contribution in [3.63, 3.8) is 0 Å². The van der Waals surface area contributed by atoms with Gasteiger partial charge < -0.3 is 19.9 Å². The molecule has 7 saturated carbocycles. The Morgan fingerprint density at radius 2 is 1.66 bits per heavy atom. The number of halogens is 1. The van der Waals surface area contributed by atoms with E-state index in [4.69, 9.17) is 9.47 Å². The van der Waals surface area contributed by atoms with Gasteiger partial charge in [0.25, 0.3) is 0 Å². The number of ketones is 2. The number of ether oxygens (including phenoxy) is 2. The van der Waals surface area contributed by atoms with Crippen LogP contribution in [0.5, 0.6) is 0 Å². The van der Waals surface area contributed by atoms with Crippen LogP contribution in [0.2, 0.25) is 0 Å². The van der Waals surface area contributed by atoms with Gasteiger partial charge in [0.05, 0.1) is 6.10 Å². The van der Waals surface area contributed by atoms with E-state index in [1.54, 1.807) is 19.9 Å². The van der Waals surface area contributed by atoms with E-state index in [9.17, 15) is 24.3 Å². The Hall–Kier alpha value is -2.55. The van der Waals surface area contributed by atoms with Crippen LogP contribution >= 0.6 is 0 Å². The van der Waals surface area contributed by atoms with Gasteiger partial charge in [0, 0.05) is 35.1 Å². The number of hydrogen-bond acceptors (Lipinski definition) is 7. The number of aliphatic hydroxyl groups excluding tert-OH is 1. The number of esters is 1. The summed E-state index contributed by atoms with van der Waals surface area (Å²) >= 11 is 0. The number of allylic oxidation sites excluding steroid dienone is 4. The van der Waals surface area contributed by atoms with E-state index in [-0.39, 0.29) is 17.7 Å². The normalized spacial score (nSPS) is 50.2. The van der Waals surface area contributed by atoms with E-state index in [1.165, 1.54) is 38.3 Å². The van der Waals surface area contributed by atoms with Crippen molar-refractivity contribution in [3.05, 3.63) is 23.8 Å². The molecule has 0 aromatic rings. The van der Waals surface area contributed by atoms with Crippen LogP contribution in [0.25, 0.3) is 0 Å². The fourth-order valence-corrected chi connectivity index (χ4v) is 11.8. The largest absolute Gasteiger partial charge is 0.461 e. The molecule has 44 heavy (non-hydrogen) atoms. The zero-order valence-corrected chi connectivity index (χ0v) is 26.3. The highest BCUT2D eigenvalue weighted by Gasteiger charge is 2.73. The lowest BCUT2D eigenvalue weighted by Gasteiger charge is -2.65. The van der Waals surface area contributed by atoms with Gasteiger partial charge in [-0.15, -0.1) is 0 Å². The standard InChI is InChI=1S/C35H46FNO7/c1-19-9-27-26-6-5-24-13-25(39)7-8-32(24,4)35(26,36)28(40)17-31(27,3)29(41)34(19,18-43-20(2)38)44-30(42)37-33-14-21-10-22(15-33)12-23(11-21)16-33/h7-8,13,19,21-23,26-28,40H,5-6,9-12,14-18H2,1-4H3,(H,37,42)/t19-,21?,22?,23?,26?,27?,28-,31-,32-,33?,34+,35-/m0/s1. The molecule has 0 spiro atoms. The first kappa shape index (κ1) is 30.1. The third kappa shape index (κ3) is 4.09. The van der Waals surface area contributed by atoms with E-state index >= 15 is 4.39 Å². The number of alkyl halides is 1. The van der Waals surface area contributed by atoms with Crippen molar-refractivity contribution in [2.75, 3.05) is 6.61 Å². The summed E-state index contributed by atoms with van der Waals surface area (Å²) in [6.45, 7) is 6.15. The molecule has 8 aliphatic carbocycles. The van der Waals surface area contributed by atoms with Gasteiger partial charge in [-0.2, -0.15) is 0 Å². The van der Waals surface area contributed by atoms with Crippen LogP contribution in [0.3, 0.4) is 0 Å². The topological polar surface area (TPSA) is 119 Å². The van der Waals surface area contributed by atoms with Gasteiger partial charge in [-0.25, -0.2) is 9.18 Å². The van der Waals surface area contributed by atoms with Gasteiger partial charge in [0.15, 0.2) is 17.2 Å². The first-order valence-electron chi connectivity index (χ1n) is 16.6. The maximum Gasteiger partial charge on any atom is 0.408 e. The molecule has 8 rings (SSSR count). The van der Waals surface area contributed by atoms with Crippen LogP contribution in [0.15, 0.2) is 23.8 Å². The van der Waals surface area contributed by atoms with Gasteiger partial charge in [0.2, 0.25) is 5.60 Å². The summed E-state index contributed by atoms with van der Waals surface area (Å²) in [6.07, 6.45) is 9.75. The van der Waals surface area contributed by atoms with E-state index in [0.717, 1.165) is 19.3 Å². The minimum Gasteiger partial charge on any atom is -0.461 e. The smallest absolute Gasteiger partial charge is 0.408 e.